The Hall–Kier alpha value is -3.40. The van der Waals surface area contributed by atoms with E-state index in [0.717, 1.165) is 18.5 Å². The fourth-order valence-electron chi connectivity index (χ4n) is 3.81. The average Bonchev–Trinajstić information content (AvgIpc) is 2.85. The number of aromatic amines is 1. The number of H-pyrrole nitrogens is 1. The molecule has 38 heavy (non-hydrogen) atoms. The number of pyridine rings is 1. The van der Waals surface area contributed by atoms with Crippen LogP contribution in [0.15, 0.2) is 29.3 Å². The minimum Gasteiger partial charge on any atom is -0.382 e. The van der Waals surface area contributed by atoms with Crippen molar-refractivity contribution in [2.24, 2.45) is 0 Å². The summed E-state index contributed by atoms with van der Waals surface area (Å²) >= 11 is 0. The maximum Gasteiger partial charge on any atom is 0.423 e. The molecule has 1 saturated heterocycles. The number of methoxy groups -OCH3 is 1. The van der Waals surface area contributed by atoms with Gasteiger partial charge in [-0.1, -0.05) is 0 Å². The summed E-state index contributed by atoms with van der Waals surface area (Å²) in [4.78, 5) is 31.4. The summed E-state index contributed by atoms with van der Waals surface area (Å²) in [6.45, 7) is 1.28. The molecule has 3 rings (SSSR count). The molecule has 1 aliphatic heterocycles. The summed E-state index contributed by atoms with van der Waals surface area (Å²) in [5.74, 6) is 0.175. The molecule has 210 valence electrons. The molecule has 1 unspecified atom stereocenters. The van der Waals surface area contributed by atoms with Crippen molar-refractivity contribution in [1.82, 2.24) is 20.1 Å². The fraction of sp³-hybridized carbons (Fsp3) is 0.545. The lowest BCUT2D eigenvalue weighted by Crippen LogP contribution is -2.49. The molecule has 2 aromatic rings. The predicted molar refractivity (Wildman–Crippen MR) is 123 cm³/mol. The van der Waals surface area contributed by atoms with Crippen LogP contribution in [0.1, 0.15) is 17.5 Å². The van der Waals surface area contributed by atoms with Gasteiger partial charge in [0.1, 0.15) is 11.4 Å². The molecular weight excluding hydrogens is 526 g/mol. The van der Waals surface area contributed by atoms with Gasteiger partial charge in [0, 0.05) is 39.5 Å². The van der Waals surface area contributed by atoms with Crippen LogP contribution >= 0.6 is 0 Å². The van der Waals surface area contributed by atoms with Crippen molar-refractivity contribution in [3.05, 3.63) is 46.0 Å². The molecule has 0 aliphatic carbocycles. The molecule has 1 fully saturated rings. The predicted octanol–water partition coefficient (Wildman–Crippen LogP) is 2.38. The molecule has 10 nitrogen and oxygen atoms in total. The van der Waals surface area contributed by atoms with Gasteiger partial charge in [-0.25, -0.2) is 10.1 Å². The lowest BCUT2D eigenvalue weighted by Gasteiger charge is -2.35. The number of halogens is 6. The van der Waals surface area contributed by atoms with Crippen molar-refractivity contribution in [3.63, 3.8) is 0 Å². The standard InChI is InChI=1S/C22H26F6N6O4/c1-37-12-15(31-16-11-30-32-20(36)19(16)22(26,27)28)13-38-9-4-18(35)34-7-5-33(6-8-34)17-3-2-14(10-29-17)21(23,24)25/h2-3,10-11,15H,4-9,12-13H2,1H3,(H2,31,32,36). The van der Waals surface area contributed by atoms with Gasteiger partial charge in [-0.2, -0.15) is 31.4 Å². The first-order chi connectivity index (χ1) is 17.9. The van der Waals surface area contributed by atoms with Crippen LogP contribution in [0.2, 0.25) is 0 Å². The van der Waals surface area contributed by atoms with Crippen molar-refractivity contribution >= 4 is 17.4 Å². The van der Waals surface area contributed by atoms with Crippen LogP contribution in [0, 0.1) is 0 Å². The fourth-order valence-corrected chi connectivity index (χ4v) is 3.81. The Morgan fingerprint density at radius 2 is 1.79 bits per heavy atom. The zero-order valence-corrected chi connectivity index (χ0v) is 20.2. The number of carbonyl (C=O) groups is 1. The molecular formula is C22H26F6N6O4. The van der Waals surface area contributed by atoms with E-state index < -0.39 is 40.8 Å². The van der Waals surface area contributed by atoms with Gasteiger partial charge in [-0.05, 0) is 12.1 Å². The van der Waals surface area contributed by atoms with Gasteiger partial charge in [0.15, 0.2) is 0 Å². The number of anilines is 2. The highest BCUT2D eigenvalue weighted by Gasteiger charge is 2.38. The Morgan fingerprint density at radius 3 is 2.37 bits per heavy atom. The highest BCUT2D eigenvalue weighted by molar-refractivity contribution is 5.76. The molecule has 1 amide bonds. The van der Waals surface area contributed by atoms with Crippen LogP contribution in [0.4, 0.5) is 37.8 Å². The molecule has 16 heteroatoms. The van der Waals surface area contributed by atoms with Gasteiger partial charge in [-0.3, -0.25) is 9.59 Å². The number of carbonyl (C=O) groups excluding carboxylic acids is 1. The summed E-state index contributed by atoms with van der Waals surface area (Å²) in [5, 5.41) is 7.70. The Balaban J connectivity index is 1.45. The van der Waals surface area contributed by atoms with E-state index in [-0.39, 0.29) is 32.1 Å². The van der Waals surface area contributed by atoms with Crippen LogP contribution in [-0.2, 0) is 26.6 Å². The SMILES string of the molecule is COCC(COCCC(=O)N1CCN(c2ccc(C(F)(F)F)cn2)CC1)Nc1cn[nH]c(=O)c1C(F)(F)F. The minimum atomic E-state index is -4.91. The number of hydrogen-bond donors (Lipinski definition) is 2. The van der Waals surface area contributed by atoms with E-state index in [0.29, 0.717) is 32.0 Å². The number of hydrogen-bond acceptors (Lipinski definition) is 8. The highest BCUT2D eigenvalue weighted by Crippen LogP contribution is 2.32. The van der Waals surface area contributed by atoms with Crippen molar-refractivity contribution in [1.29, 1.82) is 0 Å². The summed E-state index contributed by atoms with van der Waals surface area (Å²) in [6.07, 6.45) is -7.75. The number of aromatic nitrogens is 3. The third kappa shape index (κ3) is 7.80. The molecule has 3 heterocycles. The maximum absolute atomic E-state index is 13.3. The first-order valence-electron chi connectivity index (χ1n) is 11.4. The number of amides is 1. The van der Waals surface area contributed by atoms with E-state index in [1.54, 1.807) is 14.9 Å². The van der Waals surface area contributed by atoms with Gasteiger partial charge in [0.05, 0.1) is 49.7 Å². The molecule has 0 spiro atoms. The lowest BCUT2D eigenvalue weighted by molar-refractivity contribution is -0.138. The van der Waals surface area contributed by atoms with Crippen LogP contribution in [0.3, 0.4) is 0 Å². The topological polar surface area (TPSA) is 113 Å². The Bertz CT molecular complexity index is 1120. The molecule has 1 aliphatic rings. The van der Waals surface area contributed by atoms with E-state index in [4.69, 9.17) is 9.47 Å². The second kappa shape index (κ2) is 12.4. The second-order valence-corrected chi connectivity index (χ2v) is 8.38. The number of alkyl halides is 6. The van der Waals surface area contributed by atoms with Gasteiger partial charge in [0.2, 0.25) is 5.91 Å². The Morgan fingerprint density at radius 1 is 1.08 bits per heavy atom. The summed E-state index contributed by atoms with van der Waals surface area (Å²) in [5.41, 5.74) is -4.18. The van der Waals surface area contributed by atoms with Crippen molar-refractivity contribution in [2.75, 3.05) is 63.3 Å². The molecule has 0 radical (unpaired) electrons. The third-order valence-corrected chi connectivity index (χ3v) is 5.68. The van der Waals surface area contributed by atoms with Gasteiger partial charge in [-0.15, -0.1) is 0 Å². The van der Waals surface area contributed by atoms with Crippen molar-refractivity contribution in [2.45, 2.75) is 24.8 Å². The second-order valence-electron chi connectivity index (χ2n) is 8.38. The largest absolute Gasteiger partial charge is 0.423 e. The number of nitrogens with one attached hydrogen (secondary N) is 2. The molecule has 2 N–H and O–H groups in total. The molecule has 2 aromatic heterocycles. The van der Waals surface area contributed by atoms with E-state index >= 15 is 0 Å². The number of piperazine rings is 1. The Kier molecular flexibility index (Phi) is 9.54. The molecule has 0 bridgehead atoms. The smallest absolute Gasteiger partial charge is 0.382 e. The number of rotatable bonds is 10. The normalized spacial score (nSPS) is 15.4. The van der Waals surface area contributed by atoms with E-state index in [2.05, 4.69) is 15.4 Å². The van der Waals surface area contributed by atoms with Gasteiger partial charge >= 0.3 is 12.4 Å². The first-order valence-corrected chi connectivity index (χ1v) is 11.4. The van der Waals surface area contributed by atoms with Crippen LogP contribution in [0.25, 0.3) is 0 Å². The number of ether oxygens (including phenoxy) is 2. The minimum absolute atomic E-state index is 0.0125. The first kappa shape index (κ1) is 29.2. The maximum atomic E-state index is 13.3. The quantitative estimate of drug-likeness (QED) is 0.342. The monoisotopic (exact) mass is 552 g/mol. The lowest BCUT2D eigenvalue weighted by atomic mass is 10.2. The van der Waals surface area contributed by atoms with E-state index in [1.165, 1.54) is 13.2 Å². The van der Waals surface area contributed by atoms with Crippen LogP contribution < -0.4 is 15.8 Å². The van der Waals surface area contributed by atoms with Crippen molar-refractivity contribution < 1.29 is 40.6 Å². The summed E-state index contributed by atoms with van der Waals surface area (Å²) in [7, 11) is 1.35. The zero-order chi connectivity index (χ0) is 27.9. The van der Waals surface area contributed by atoms with E-state index in [9.17, 15) is 35.9 Å². The summed E-state index contributed by atoms with van der Waals surface area (Å²) in [6, 6.07) is 1.48. The Labute approximate surface area is 212 Å². The molecule has 0 aromatic carbocycles. The zero-order valence-electron chi connectivity index (χ0n) is 20.2. The highest BCUT2D eigenvalue weighted by atomic mass is 19.4. The molecule has 0 saturated carbocycles. The van der Waals surface area contributed by atoms with Gasteiger partial charge in [0.25, 0.3) is 5.56 Å². The van der Waals surface area contributed by atoms with Crippen LogP contribution in [-0.4, -0.2) is 85.1 Å². The average molecular weight is 552 g/mol. The van der Waals surface area contributed by atoms with Gasteiger partial charge < -0.3 is 24.6 Å². The third-order valence-electron chi connectivity index (χ3n) is 5.68. The van der Waals surface area contributed by atoms with Crippen LogP contribution in [0.5, 0.6) is 0 Å². The van der Waals surface area contributed by atoms with Crippen molar-refractivity contribution in [3.8, 4) is 0 Å². The summed E-state index contributed by atoms with van der Waals surface area (Å²) < 4.78 is 88.4. The molecule has 1 atom stereocenters. The number of nitrogens with zero attached hydrogens (tertiary/aromatic N) is 4. The van der Waals surface area contributed by atoms with E-state index in [1.807, 2.05) is 0 Å².